The van der Waals surface area contributed by atoms with Crippen LogP contribution in [0.2, 0.25) is 0 Å². The molecule has 0 saturated heterocycles. The fourth-order valence-corrected chi connectivity index (χ4v) is 1.21. The predicted molar refractivity (Wildman–Crippen MR) is 59.0 cm³/mol. The molecule has 1 heteroatoms. The molecule has 0 bridgehead atoms. The standard InChI is InChI=1S/C12H26O/c1-4-6-7-8-9-10-13-11-12(3)5-2/h12H,4-11H2,1-3H3. The Labute approximate surface area is 83.9 Å². The molecule has 0 aromatic rings. The number of rotatable bonds is 9. The summed E-state index contributed by atoms with van der Waals surface area (Å²) in [5, 5.41) is 0. The van der Waals surface area contributed by atoms with E-state index in [0.717, 1.165) is 19.1 Å². The molecular formula is C12H26O. The van der Waals surface area contributed by atoms with Gasteiger partial charge in [0, 0.05) is 13.2 Å². The van der Waals surface area contributed by atoms with Crippen molar-refractivity contribution in [2.45, 2.75) is 59.3 Å². The predicted octanol–water partition coefficient (Wildman–Crippen LogP) is 4.02. The lowest BCUT2D eigenvalue weighted by atomic mass is 10.1. The van der Waals surface area contributed by atoms with Gasteiger partial charge in [0.15, 0.2) is 0 Å². The maximum absolute atomic E-state index is 5.57. The highest BCUT2D eigenvalue weighted by Gasteiger charge is 1.97. The van der Waals surface area contributed by atoms with Gasteiger partial charge < -0.3 is 4.74 Å². The second-order valence-electron chi connectivity index (χ2n) is 4.00. The van der Waals surface area contributed by atoms with Crippen molar-refractivity contribution in [2.24, 2.45) is 5.92 Å². The average molecular weight is 186 g/mol. The van der Waals surface area contributed by atoms with E-state index in [-0.39, 0.29) is 0 Å². The van der Waals surface area contributed by atoms with E-state index in [4.69, 9.17) is 4.74 Å². The maximum atomic E-state index is 5.57. The number of hydrogen-bond donors (Lipinski definition) is 0. The zero-order chi connectivity index (χ0) is 9.94. The third kappa shape index (κ3) is 9.88. The second kappa shape index (κ2) is 10.0. The molecule has 0 aliphatic carbocycles. The Morgan fingerprint density at radius 2 is 1.69 bits per heavy atom. The minimum absolute atomic E-state index is 0.732. The molecular weight excluding hydrogens is 160 g/mol. The lowest BCUT2D eigenvalue weighted by molar-refractivity contribution is 0.100. The Hall–Kier alpha value is -0.0400. The van der Waals surface area contributed by atoms with Crippen LogP contribution in [0.1, 0.15) is 59.3 Å². The highest BCUT2D eigenvalue weighted by molar-refractivity contribution is 4.47. The van der Waals surface area contributed by atoms with E-state index in [1.807, 2.05) is 0 Å². The van der Waals surface area contributed by atoms with Crippen LogP contribution in [0.4, 0.5) is 0 Å². The molecule has 0 N–H and O–H groups in total. The van der Waals surface area contributed by atoms with Crippen LogP contribution in [-0.2, 0) is 4.74 Å². The van der Waals surface area contributed by atoms with E-state index < -0.39 is 0 Å². The first-order valence-corrected chi connectivity index (χ1v) is 5.89. The fourth-order valence-electron chi connectivity index (χ4n) is 1.21. The molecule has 1 nitrogen and oxygen atoms in total. The van der Waals surface area contributed by atoms with E-state index in [1.165, 1.54) is 38.5 Å². The van der Waals surface area contributed by atoms with Gasteiger partial charge in [0.25, 0.3) is 0 Å². The van der Waals surface area contributed by atoms with Gasteiger partial charge in [-0.1, -0.05) is 52.9 Å². The van der Waals surface area contributed by atoms with Gasteiger partial charge in [-0.15, -0.1) is 0 Å². The normalized spacial score (nSPS) is 13.2. The van der Waals surface area contributed by atoms with Gasteiger partial charge in [-0.05, 0) is 12.3 Å². The van der Waals surface area contributed by atoms with Crippen molar-refractivity contribution in [3.05, 3.63) is 0 Å². The van der Waals surface area contributed by atoms with E-state index in [9.17, 15) is 0 Å². The summed E-state index contributed by atoms with van der Waals surface area (Å²) in [6.07, 6.45) is 7.91. The summed E-state index contributed by atoms with van der Waals surface area (Å²) >= 11 is 0. The molecule has 0 saturated carbocycles. The summed E-state index contributed by atoms with van der Waals surface area (Å²) in [5.74, 6) is 0.732. The van der Waals surface area contributed by atoms with E-state index >= 15 is 0 Å². The third-order valence-electron chi connectivity index (χ3n) is 2.49. The SMILES string of the molecule is CCCCCCCOCC(C)CC. The van der Waals surface area contributed by atoms with Crippen molar-refractivity contribution in [3.63, 3.8) is 0 Å². The van der Waals surface area contributed by atoms with Crippen molar-refractivity contribution in [1.82, 2.24) is 0 Å². The number of ether oxygens (including phenoxy) is 1. The van der Waals surface area contributed by atoms with Crippen LogP contribution in [0.15, 0.2) is 0 Å². The first kappa shape index (κ1) is 13.0. The Bertz CT molecular complexity index is 91.1. The van der Waals surface area contributed by atoms with Crippen LogP contribution in [0.5, 0.6) is 0 Å². The van der Waals surface area contributed by atoms with Crippen molar-refractivity contribution < 1.29 is 4.74 Å². The topological polar surface area (TPSA) is 9.23 Å². The summed E-state index contributed by atoms with van der Waals surface area (Å²) in [4.78, 5) is 0. The summed E-state index contributed by atoms with van der Waals surface area (Å²) in [7, 11) is 0. The lowest BCUT2D eigenvalue weighted by Gasteiger charge is -2.08. The minimum atomic E-state index is 0.732. The van der Waals surface area contributed by atoms with Gasteiger partial charge in [-0.25, -0.2) is 0 Å². The second-order valence-corrected chi connectivity index (χ2v) is 4.00. The molecule has 0 spiro atoms. The molecule has 13 heavy (non-hydrogen) atoms. The highest BCUT2D eigenvalue weighted by atomic mass is 16.5. The van der Waals surface area contributed by atoms with Gasteiger partial charge in [-0.2, -0.15) is 0 Å². The molecule has 1 unspecified atom stereocenters. The summed E-state index contributed by atoms with van der Waals surface area (Å²) in [6, 6.07) is 0. The first-order chi connectivity index (χ1) is 6.31. The van der Waals surface area contributed by atoms with Gasteiger partial charge in [-0.3, -0.25) is 0 Å². The van der Waals surface area contributed by atoms with E-state index in [2.05, 4.69) is 20.8 Å². The van der Waals surface area contributed by atoms with Crippen LogP contribution in [0.25, 0.3) is 0 Å². The Morgan fingerprint density at radius 1 is 1.00 bits per heavy atom. The van der Waals surface area contributed by atoms with Gasteiger partial charge in [0.05, 0.1) is 0 Å². The summed E-state index contributed by atoms with van der Waals surface area (Å²) in [5.41, 5.74) is 0. The molecule has 0 aliphatic heterocycles. The van der Waals surface area contributed by atoms with Gasteiger partial charge in [0.1, 0.15) is 0 Å². The van der Waals surface area contributed by atoms with Crippen LogP contribution < -0.4 is 0 Å². The Balaban J connectivity index is 2.91. The van der Waals surface area contributed by atoms with Crippen LogP contribution >= 0.6 is 0 Å². The molecule has 1 atom stereocenters. The first-order valence-electron chi connectivity index (χ1n) is 5.89. The van der Waals surface area contributed by atoms with E-state index in [1.54, 1.807) is 0 Å². The molecule has 0 aromatic heterocycles. The van der Waals surface area contributed by atoms with Crippen molar-refractivity contribution in [3.8, 4) is 0 Å². The Morgan fingerprint density at radius 3 is 2.31 bits per heavy atom. The molecule has 0 rings (SSSR count). The van der Waals surface area contributed by atoms with E-state index in [0.29, 0.717) is 0 Å². The van der Waals surface area contributed by atoms with Crippen molar-refractivity contribution in [2.75, 3.05) is 13.2 Å². The molecule has 0 aliphatic rings. The third-order valence-corrected chi connectivity index (χ3v) is 2.49. The average Bonchev–Trinajstić information content (AvgIpc) is 2.16. The van der Waals surface area contributed by atoms with Gasteiger partial charge in [0.2, 0.25) is 0 Å². The molecule has 0 aromatic carbocycles. The maximum Gasteiger partial charge on any atom is 0.0491 e. The number of unbranched alkanes of at least 4 members (excludes halogenated alkanes) is 4. The molecule has 80 valence electrons. The summed E-state index contributed by atoms with van der Waals surface area (Å²) < 4.78 is 5.57. The zero-order valence-corrected chi connectivity index (χ0v) is 9.64. The quantitative estimate of drug-likeness (QED) is 0.494. The lowest BCUT2D eigenvalue weighted by Crippen LogP contribution is -2.05. The van der Waals surface area contributed by atoms with Crippen LogP contribution in [0.3, 0.4) is 0 Å². The minimum Gasteiger partial charge on any atom is -0.381 e. The largest absolute Gasteiger partial charge is 0.381 e. The summed E-state index contributed by atoms with van der Waals surface area (Å²) in [6.45, 7) is 8.63. The monoisotopic (exact) mass is 186 g/mol. The van der Waals surface area contributed by atoms with Gasteiger partial charge >= 0.3 is 0 Å². The van der Waals surface area contributed by atoms with Crippen molar-refractivity contribution >= 4 is 0 Å². The highest BCUT2D eigenvalue weighted by Crippen LogP contribution is 2.04. The smallest absolute Gasteiger partial charge is 0.0491 e. The van der Waals surface area contributed by atoms with Crippen molar-refractivity contribution in [1.29, 1.82) is 0 Å². The molecule has 0 fully saturated rings. The van der Waals surface area contributed by atoms with Crippen LogP contribution in [-0.4, -0.2) is 13.2 Å². The zero-order valence-electron chi connectivity index (χ0n) is 9.64. The molecule has 0 amide bonds. The molecule has 0 heterocycles. The van der Waals surface area contributed by atoms with Crippen LogP contribution in [0, 0.1) is 5.92 Å². The Kier molecular flexibility index (Phi) is 10.0. The fraction of sp³-hybridized carbons (Fsp3) is 1.00. The molecule has 0 radical (unpaired) electrons. The number of hydrogen-bond acceptors (Lipinski definition) is 1.